The van der Waals surface area contributed by atoms with E-state index in [2.05, 4.69) is 10.4 Å². The van der Waals surface area contributed by atoms with Crippen molar-refractivity contribution in [3.63, 3.8) is 0 Å². The Labute approximate surface area is 144 Å². The zero-order chi connectivity index (χ0) is 18.0. The van der Waals surface area contributed by atoms with Gasteiger partial charge in [-0.2, -0.15) is 5.10 Å². The predicted molar refractivity (Wildman–Crippen MR) is 91.6 cm³/mol. The van der Waals surface area contributed by atoms with Gasteiger partial charge >= 0.3 is 0 Å². The van der Waals surface area contributed by atoms with Crippen molar-refractivity contribution in [3.8, 4) is 0 Å². The van der Waals surface area contributed by atoms with Crippen molar-refractivity contribution in [2.45, 2.75) is 20.4 Å². The molecule has 0 saturated heterocycles. The highest BCUT2D eigenvalue weighted by Gasteiger charge is 2.09. The Hall–Kier alpha value is -3.02. The van der Waals surface area contributed by atoms with Crippen molar-refractivity contribution in [1.29, 1.82) is 0 Å². The zero-order valence-corrected chi connectivity index (χ0v) is 13.9. The number of halogens is 2. The van der Waals surface area contributed by atoms with E-state index >= 15 is 0 Å². The van der Waals surface area contributed by atoms with Gasteiger partial charge in [0.05, 0.1) is 12.2 Å². The van der Waals surface area contributed by atoms with Gasteiger partial charge in [-0.25, -0.2) is 8.78 Å². The highest BCUT2D eigenvalue weighted by molar-refractivity contribution is 6.04. The zero-order valence-electron chi connectivity index (χ0n) is 13.9. The average molecular weight is 341 g/mol. The molecular weight excluding hydrogens is 324 g/mol. The molecule has 1 heterocycles. The van der Waals surface area contributed by atoms with E-state index in [1.165, 1.54) is 6.07 Å². The lowest BCUT2D eigenvalue weighted by molar-refractivity contribution is 0.102. The fourth-order valence-corrected chi connectivity index (χ4v) is 2.55. The van der Waals surface area contributed by atoms with E-state index in [1.54, 1.807) is 12.1 Å². The van der Waals surface area contributed by atoms with Crippen molar-refractivity contribution in [2.24, 2.45) is 0 Å². The minimum atomic E-state index is -1.00. The topological polar surface area (TPSA) is 46.9 Å². The van der Waals surface area contributed by atoms with Crippen molar-refractivity contribution in [1.82, 2.24) is 9.78 Å². The first-order valence-electron chi connectivity index (χ1n) is 7.79. The van der Waals surface area contributed by atoms with E-state index in [4.69, 9.17) is 0 Å². The van der Waals surface area contributed by atoms with Gasteiger partial charge in [-0.3, -0.25) is 9.48 Å². The van der Waals surface area contributed by atoms with Crippen LogP contribution in [0.2, 0.25) is 0 Å². The summed E-state index contributed by atoms with van der Waals surface area (Å²) in [5, 5.41) is 6.95. The maximum atomic E-state index is 13.2. The molecule has 0 radical (unpaired) electrons. The molecule has 0 unspecified atom stereocenters. The minimum Gasteiger partial charge on any atom is -0.322 e. The molecule has 3 rings (SSSR count). The molecule has 0 spiro atoms. The van der Waals surface area contributed by atoms with E-state index in [1.807, 2.05) is 36.7 Å². The van der Waals surface area contributed by atoms with Crippen LogP contribution >= 0.6 is 0 Å². The van der Waals surface area contributed by atoms with Gasteiger partial charge < -0.3 is 5.32 Å². The lowest BCUT2D eigenvalue weighted by Crippen LogP contribution is -2.12. The lowest BCUT2D eigenvalue weighted by atomic mass is 10.1. The molecule has 0 saturated carbocycles. The standard InChI is InChI=1S/C19H17F2N3O/c1-12-9-13(2)24(23-12)11-14-3-5-15(6-4-14)19(25)22-16-7-8-17(20)18(21)10-16/h3-10H,11H2,1-2H3,(H,22,25). The van der Waals surface area contributed by atoms with Crippen LogP contribution in [0.3, 0.4) is 0 Å². The third-order valence-electron chi connectivity index (χ3n) is 3.83. The molecule has 6 heteroatoms. The van der Waals surface area contributed by atoms with E-state index < -0.39 is 11.6 Å². The molecule has 25 heavy (non-hydrogen) atoms. The van der Waals surface area contributed by atoms with Crippen LogP contribution in [-0.4, -0.2) is 15.7 Å². The van der Waals surface area contributed by atoms with Gasteiger partial charge in [-0.15, -0.1) is 0 Å². The number of nitrogens with one attached hydrogen (secondary N) is 1. The van der Waals surface area contributed by atoms with Crippen LogP contribution in [0.4, 0.5) is 14.5 Å². The summed E-state index contributed by atoms with van der Waals surface area (Å²) < 4.78 is 28.0. The summed E-state index contributed by atoms with van der Waals surface area (Å²) in [6.45, 7) is 4.55. The van der Waals surface area contributed by atoms with Crippen molar-refractivity contribution in [2.75, 3.05) is 5.32 Å². The summed E-state index contributed by atoms with van der Waals surface area (Å²) in [5.41, 5.74) is 3.67. The average Bonchev–Trinajstić information content (AvgIpc) is 2.89. The van der Waals surface area contributed by atoms with Gasteiger partial charge in [0.1, 0.15) is 0 Å². The van der Waals surface area contributed by atoms with Crippen LogP contribution in [0.25, 0.3) is 0 Å². The number of nitrogens with zero attached hydrogens (tertiary/aromatic N) is 2. The molecule has 1 amide bonds. The molecule has 1 N–H and O–H groups in total. The first kappa shape index (κ1) is 16.8. The van der Waals surface area contributed by atoms with Crippen molar-refractivity contribution in [3.05, 3.63) is 82.7 Å². The summed E-state index contributed by atoms with van der Waals surface area (Å²) >= 11 is 0. The molecule has 0 bridgehead atoms. The number of carbonyl (C=O) groups is 1. The Kier molecular flexibility index (Phi) is 4.61. The van der Waals surface area contributed by atoms with Gasteiger partial charge in [-0.05, 0) is 49.7 Å². The number of carbonyl (C=O) groups excluding carboxylic acids is 1. The van der Waals surface area contributed by atoms with Crippen LogP contribution in [0.15, 0.2) is 48.5 Å². The predicted octanol–water partition coefficient (Wildman–Crippen LogP) is 4.08. The first-order valence-corrected chi connectivity index (χ1v) is 7.79. The first-order chi connectivity index (χ1) is 11.9. The SMILES string of the molecule is Cc1cc(C)n(Cc2ccc(C(=O)Nc3ccc(F)c(F)c3)cc2)n1. The van der Waals surface area contributed by atoms with Crippen molar-refractivity contribution < 1.29 is 13.6 Å². The number of aryl methyl sites for hydroxylation is 2. The monoisotopic (exact) mass is 341 g/mol. The molecule has 0 aliphatic rings. The number of benzene rings is 2. The highest BCUT2D eigenvalue weighted by atomic mass is 19.2. The Morgan fingerprint density at radius 2 is 1.76 bits per heavy atom. The number of rotatable bonds is 4. The second-order valence-corrected chi connectivity index (χ2v) is 5.86. The number of hydrogen-bond acceptors (Lipinski definition) is 2. The molecule has 1 aromatic heterocycles. The summed E-state index contributed by atoms with van der Waals surface area (Å²) in [6, 6.07) is 12.3. The molecule has 0 fully saturated rings. The normalized spacial score (nSPS) is 10.7. The number of aromatic nitrogens is 2. The van der Waals surface area contributed by atoms with Gasteiger partial charge in [-0.1, -0.05) is 12.1 Å². The largest absolute Gasteiger partial charge is 0.322 e. The molecule has 128 valence electrons. The Morgan fingerprint density at radius 3 is 2.36 bits per heavy atom. The molecule has 0 aliphatic carbocycles. The van der Waals surface area contributed by atoms with E-state index in [0.717, 1.165) is 29.1 Å². The number of anilines is 1. The van der Waals surface area contributed by atoms with Gasteiger partial charge in [0.25, 0.3) is 5.91 Å². The van der Waals surface area contributed by atoms with Crippen LogP contribution in [0.1, 0.15) is 27.3 Å². The fourth-order valence-electron chi connectivity index (χ4n) is 2.55. The number of hydrogen-bond donors (Lipinski definition) is 1. The molecule has 4 nitrogen and oxygen atoms in total. The quantitative estimate of drug-likeness (QED) is 0.777. The third kappa shape index (κ3) is 3.91. The fraction of sp³-hybridized carbons (Fsp3) is 0.158. The van der Waals surface area contributed by atoms with Crippen LogP contribution < -0.4 is 5.32 Å². The van der Waals surface area contributed by atoms with Crippen LogP contribution in [-0.2, 0) is 6.54 Å². The van der Waals surface area contributed by atoms with E-state index in [0.29, 0.717) is 12.1 Å². The Balaban J connectivity index is 1.69. The molecule has 2 aromatic carbocycles. The Morgan fingerprint density at radius 1 is 1.04 bits per heavy atom. The van der Waals surface area contributed by atoms with Crippen molar-refractivity contribution >= 4 is 11.6 Å². The summed E-state index contributed by atoms with van der Waals surface area (Å²) in [6.07, 6.45) is 0. The van der Waals surface area contributed by atoms with Gasteiger partial charge in [0, 0.05) is 23.0 Å². The minimum absolute atomic E-state index is 0.204. The summed E-state index contributed by atoms with van der Waals surface area (Å²) in [5.74, 6) is -2.34. The lowest BCUT2D eigenvalue weighted by Gasteiger charge is -2.08. The van der Waals surface area contributed by atoms with Gasteiger partial charge in [0.2, 0.25) is 0 Å². The van der Waals surface area contributed by atoms with Gasteiger partial charge in [0.15, 0.2) is 11.6 Å². The number of amides is 1. The summed E-state index contributed by atoms with van der Waals surface area (Å²) in [7, 11) is 0. The van der Waals surface area contributed by atoms with E-state index in [9.17, 15) is 13.6 Å². The highest BCUT2D eigenvalue weighted by Crippen LogP contribution is 2.15. The second-order valence-electron chi connectivity index (χ2n) is 5.86. The summed E-state index contributed by atoms with van der Waals surface area (Å²) in [4.78, 5) is 12.2. The molecule has 3 aromatic rings. The van der Waals surface area contributed by atoms with E-state index in [-0.39, 0.29) is 11.6 Å². The Bertz CT molecular complexity index is 917. The second kappa shape index (κ2) is 6.84. The maximum absolute atomic E-state index is 13.2. The third-order valence-corrected chi connectivity index (χ3v) is 3.83. The molecule has 0 aliphatic heterocycles. The molecular formula is C19H17F2N3O. The van der Waals surface area contributed by atoms with Crippen LogP contribution in [0.5, 0.6) is 0 Å². The smallest absolute Gasteiger partial charge is 0.255 e. The van der Waals surface area contributed by atoms with Crippen LogP contribution in [0, 0.1) is 25.5 Å². The maximum Gasteiger partial charge on any atom is 0.255 e. The molecule has 0 atom stereocenters.